The number of carbonyl (C=O) groups is 1. The third kappa shape index (κ3) is 5.32. The van der Waals surface area contributed by atoms with Crippen LogP contribution >= 0.6 is 0 Å². The van der Waals surface area contributed by atoms with Gasteiger partial charge in [-0.1, -0.05) is 12.1 Å². The maximum atomic E-state index is 15.1. The fourth-order valence-corrected chi connectivity index (χ4v) is 4.24. The zero-order valence-electron chi connectivity index (χ0n) is 17.2. The van der Waals surface area contributed by atoms with Crippen LogP contribution in [-0.2, 0) is 10.0 Å². The summed E-state index contributed by atoms with van der Waals surface area (Å²) in [4.78, 5) is 18.4. The lowest BCUT2D eigenvalue weighted by atomic mass is 10.0. The number of urea groups is 1. The van der Waals surface area contributed by atoms with E-state index in [-0.39, 0.29) is 11.7 Å². The molecule has 1 aromatic heterocycles. The second kappa shape index (κ2) is 9.07. The number of rotatable bonds is 5. The van der Waals surface area contributed by atoms with Gasteiger partial charge in [0.1, 0.15) is 0 Å². The zero-order chi connectivity index (χ0) is 21.9. The minimum absolute atomic E-state index is 0.0756. The number of nitrogens with zero attached hydrogens (tertiary/aromatic N) is 3. The van der Waals surface area contributed by atoms with Crippen LogP contribution in [0.3, 0.4) is 0 Å². The molecule has 2 N–H and O–H groups in total. The normalized spacial score (nSPS) is 16.8. The molecular formula is C20H26FN5O3S. The highest BCUT2D eigenvalue weighted by Gasteiger charge is 2.28. The summed E-state index contributed by atoms with van der Waals surface area (Å²) in [6.07, 6.45) is 2.72. The van der Waals surface area contributed by atoms with Crippen LogP contribution in [0.25, 0.3) is 0 Å². The maximum absolute atomic E-state index is 15.1. The largest absolute Gasteiger partial charge is 0.323 e. The van der Waals surface area contributed by atoms with E-state index in [0.29, 0.717) is 37.4 Å². The van der Waals surface area contributed by atoms with Crippen molar-refractivity contribution in [3.63, 3.8) is 0 Å². The van der Waals surface area contributed by atoms with Crippen LogP contribution < -0.4 is 10.6 Å². The number of aryl methyl sites for hydroxylation is 1. The van der Waals surface area contributed by atoms with Crippen LogP contribution in [0.5, 0.6) is 0 Å². The molecule has 2 heterocycles. The van der Waals surface area contributed by atoms with Gasteiger partial charge in [-0.2, -0.15) is 4.31 Å². The van der Waals surface area contributed by atoms with E-state index in [9.17, 15) is 13.2 Å². The number of piperazine rings is 1. The van der Waals surface area contributed by atoms with Crippen molar-refractivity contribution in [3.05, 3.63) is 53.6 Å². The number of nitrogens with one attached hydrogen (secondary N) is 2. The van der Waals surface area contributed by atoms with E-state index < -0.39 is 21.9 Å². The molecule has 0 bridgehead atoms. The summed E-state index contributed by atoms with van der Waals surface area (Å²) in [7, 11) is -3.22. The monoisotopic (exact) mass is 435 g/mol. The number of amides is 2. The summed E-state index contributed by atoms with van der Waals surface area (Å²) < 4.78 is 39.9. The Labute approximate surface area is 176 Å². The van der Waals surface area contributed by atoms with Crippen LogP contribution in [0.2, 0.25) is 0 Å². The van der Waals surface area contributed by atoms with Crippen molar-refractivity contribution < 1.29 is 17.6 Å². The summed E-state index contributed by atoms with van der Waals surface area (Å²) in [5.74, 6) is -0.507. The van der Waals surface area contributed by atoms with Gasteiger partial charge in [0.2, 0.25) is 10.0 Å². The predicted molar refractivity (Wildman–Crippen MR) is 114 cm³/mol. The molecule has 0 spiro atoms. The number of benzene rings is 1. The Kier molecular flexibility index (Phi) is 6.69. The molecule has 0 saturated carbocycles. The van der Waals surface area contributed by atoms with Gasteiger partial charge >= 0.3 is 6.03 Å². The highest BCUT2D eigenvalue weighted by molar-refractivity contribution is 7.88. The van der Waals surface area contributed by atoms with Crippen LogP contribution in [0.4, 0.5) is 20.6 Å². The van der Waals surface area contributed by atoms with Crippen molar-refractivity contribution in [3.8, 4) is 0 Å². The summed E-state index contributed by atoms with van der Waals surface area (Å²) in [6.45, 7) is 5.47. The fraction of sp³-hybridized carbons (Fsp3) is 0.400. The topological polar surface area (TPSA) is 94.6 Å². The van der Waals surface area contributed by atoms with E-state index in [0.717, 1.165) is 5.69 Å². The lowest BCUT2D eigenvalue weighted by Crippen LogP contribution is -2.48. The molecular weight excluding hydrogens is 409 g/mol. The lowest BCUT2D eigenvalue weighted by molar-refractivity contribution is 0.144. The van der Waals surface area contributed by atoms with Crippen molar-refractivity contribution in [1.82, 2.24) is 14.2 Å². The van der Waals surface area contributed by atoms with Crippen LogP contribution in [0.1, 0.15) is 24.2 Å². The predicted octanol–water partition coefficient (Wildman–Crippen LogP) is 2.81. The third-order valence-corrected chi connectivity index (χ3v) is 6.49. The Morgan fingerprint density at radius 1 is 1.13 bits per heavy atom. The Morgan fingerprint density at radius 2 is 1.83 bits per heavy atom. The zero-order valence-corrected chi connectivity index (χ0v) is 18.0. The second-order valence-corrected chi connectivity index (χ2v) is 9.33. The highest BCUT2D eigenvalue weighted by atomic mass is 32.2. The summed E-state index contributed by atoms with van der Waals surface area (Å²) in [5, 5.41) is 5.16. The van der Waals surface area contributed by atoms with Crippen molar-refractivity contribution in [2.24, 2.45) is 0 Å². The summed E-state index contributed by atoms with van der Waals surface area (Å²) >= 11 is 0. The lowest BCUT2D eigenvalue weighted by Gasteiger charge is -2.37. The first-order valence-electron chi connectivity index (χ1n) is 9.63. The minimum atomic E-state index is -3.22. The highest BCUT2D eigenvalue weighted by Crippen LogP contribution is 2.28. The van der Waals surface area contributed by atoms with Crippen LogP contribution in [-0.4, -0.2) is 61.1 Å². The van der Waals surface area contributed by atoms with Crippen molar-refractivity contribution >= 4 is 27.4 Å². The van der Waals surface area contributed by atoms with Gasteiger partial charge < -0.3 is 10.6 Å². The Balaban J connectivity index is 1.67. The molecule has 2 amide bonds. The van der Waals surface area contributed by atoms with E-state index in [4.69, 9.17) is 0 Å². The first-order valence-corrected chi connectivity index (χ1v) is 11.5. The van der Waals surface area contributed by atoms with Crippen molar-refractivity contribution in [2.45, 2.75) is 19.9 Å². The second-order valence-electron chi connectivity index (χ2n) is 7.35. The quantitative estimate of drug-likeness (QED) is 0.753. The molecule has 1 aliphatic heterocycles. The first-order chi connectivity index (χ1) is 14.1. The molecule has 1 aromatic carbocycles. The van der Waals surface area contributed by atoms with Gasteiger partial charge in [0, 0.05) is 43.5 Å². The third-order valence-electron chi connectivity index (χ3n) is 5.19. The number of aromatic nitrogens is 1. The minimum Gasteiger partial charge on any atom is -0.306 e. The summed E-state index contributed by atoms with van der Waals surface area (Å²) in [5.41, 5.74) is 1.85. The molecule has 2 aromatic rings. The summed E-state index contributed by atoms with van der Waals surface area (Å²) in [6, 6.07) is 7.51. The number of sulfonamides is 1. The Morgan fingerprint density at radius 3 is 2.43 bits per heavy atom. The standard InChI is InChI=1S/C20H26FN5O3S/c1-14-7-8-16(13-22-14)23-20(27)24-18-6-4-5-17(19(18)21)15(2)25-9-11-26(12-10-25)30(3,28)29/h4-8,13,15H,9-12H2,1-3H3,(H2,23,24,27)/t15-/m1/s1. The molecule has 0 radical (unpaired) electrons. The molecule has 1 fully saturated rings. The van der Waals surface area contributed by atoms with E-state index in [1.807, 2.05) is 18.7 Å². The van der Waals surface area contributed by atoms with Gasteiger partial charge in [-0.25, -0.2) is 17.6 Å². The van der Waals surface area contributed by atoms with E-state index >= 15 is 4.39 Å². The van der Waals surface area contributed by atoms with Crippen LogP contribution in [0, 0.1) is 12.7 Å². The number of anilines is 2. The number of hydrogen-bond acceptors (Lipinski definition) is 5. The van der Waals surface area contributed by atoms with E-state index in [2.05, 4.69) is 15.6 Å². The van der Waals surface area contributed by atoms with Gasteiger partial charge in [0.25, 0.3) is 0 Å². The molecule has 3 rings (SSSR count). The molecule has 0 unspecified atom stereocenters. The first kappa shape index (κ1) is 22.1. The number of pyridine rings is 1. The molecule has 162 valence electrons. The van der Waals surface area contributed by atoms with Crippen molar-refractivity contribution in [1.29, 1.82) is 0 Å². The fourth-order valence-electron chi connectivity index (χ4n) is 3.41. The molecule has 0 aliphatic carbocycles. The number of hydrogen-bond donors (Lipinski definition) is 2. The number of halogens is 1. The van der Waals surface area contributed by atoms with Gasteiger partial charge in [-0.15, -0.1) is 0 Å². The number of carbonyl (C=O) groups excluding carboxylic acids is 1. The maximum Gasteiger partial charge on any atom is 0.323 e. The molecule has 1 atom stereocenters. The molecule has 8 nitrogen and oxygen atoms in total. The van der Waals surface area contributed by atoms with E-state index in [1.54, 1.807) is 24.3 Å². The van der Waals surface area contributed by atoms with Crippen LogP contribution in [0.15, 0.2) is 36.5 Å². The van der Waals surface area contributed by atoms with Gasteiger partial charge in [-0.3, -0.25) is 9.88 Å². The molecule has 10 heteroatoms. The SMILES string of the molecule is Cc1ccc(NC(=O)Nc2cccc([C@@H](C)N3CCN(S(C)(=O)=O)CC3)c2F)cn1. The molecule has 30 heavy (non-hydrogen) atoms. The van der Waals surface area contributed by atoms with Gasteiger partial charge in [0.15, 0.2) is 5.82 Å². The molecule has 1 aliphatic rings. The smallest absolute Gasteiger partial charge is 0.306 e. The van der Waals surface area contributed by atoms with E-state index in [1.165, 1.54) is 22.8 Å². The Hall–Kier alpha value is -2.56. The Bertz CT molecular complexity index is 1010. The average molecular weight is 436 g/mol. The van der Waals surface area contributed by atoms with Gasteiger partial charge in [-0.05, 0) is 32.0 Å². The van der Waals surface area contributed by atoms with Gasteiger partial charge in [0.05, 0.1) is 23.8 Å². The van der Waals surface area contributed by atoms with Crippen molar-refractivity contribution in [2.75, 3.05) is 43.1 Å². The average Bonchev–Trinajstić information content (AvgIpc) is 2.70. The molecule has 1 saturated heterocycles.